The first-order chi connectivity index (χ1) is 7.42. The lowest BCUT2D eigenvalue weighted by atomic mass is 10.0. The van der Waals surface area contributed by atoms with Crippen LogP contribution in [0.2, 0.25) is 0 Å². The molecule has 1 unspecified atom stereocenters. The maximum absolute atomic E-state index is 5.39. The van der Waals surface area contributed by atoms with Gasteiger partial charge in [-0.2, -0.15) is 0 Å². The molecule has 0 bridgehead atoms. The van der Waals surface area contributed by atoms with Gasteiger partial charge in [0.25, 0.3) is 0 Å². The standard InChI is InChI=1S/C13H28N2O/c1-11(10-14-13(2,3)4)15-8-6-12(16-5)7-9-15/h11-12,14H,6-10H2,1-5H3. The summed E-state index contributed by atoms with van der Waals surface area (Å²) >= 11 is 0. The van der Waals surface area contributed by atoms with E-state index in [1.54, 1.807) is 0 Å². The van der Waals surface area contributed by atoms with Gasteiger partial charge in [-0.05, 0) is 40.5 Å². The summed E-state index contributed by atoms with van der Waals surface area (Å²) in [5.41, 5.74) is 0.221. The molecule has 1 aliphatic heterocycles. The van der Waals surface area contributed by atoms with Gasteiger partial charge < -0.3 is 10.1 Å². The molecule has 0 radical (unpaired) electrons. The number of hydrogen-bond acceptors (Lipinski definition) is 3. The Balaban J connectivity index is 2.25. The van der Waals surface area contributed by atoms with Crippen LogP contribution in [0.4, 0.5) is 0 Å². The average Bonchev–Trinajstić information content (AvgIpc) is 2.25. The van der Waals surface area contributed by atoms with E-state index in [2.05, 4.69) is 37.9 Å². The minimum atomic E-state index is 0.221. The molecule has 0 aromatic heterocycles. The molecule has 0 aliphatic carbocycles. The molecule has 1 heterocycles. The van der Waals surface area contributed by atoms with Gasteiger partial charge in [0.05, 0.1) is 6.10 Å². The molecule has 1 N–H and O–H groups in total. The molecule has 1 saturated heterocycles. The van der Waals surface area contributed by atoms with Crippen LogP contribution in [0.3, 0.4) is 0 Å². The molecule has 3 heteroatoms. The number of hydrogen-bond donors (Lipinski definition) is 1. The molecule has 1 fully saturated rings. The molecular formula is C13H28N2O. The van der Waals surface area contributed by atoms with E-state index in [1.165, 1.54) is 25.9 Å². The van der Waals surface area contributed by atoms with Crippen LogP contribution in [0.1, 0.15) is 40.5 Å². The fourth-order valence-corrected chi connectivity index (χ4v) is 2.14. The normalized spacial score (nSPS) is 22.3. The average molecular weight is 228 g/mol. The molecule has 0 aromatic rings. The van der Waals surface area contributed by atoms with Crippen molar-refractivity contribution < 1.29 is 4.74 Å². The van der Waals surface area contributed by atoms with Crippen LogP contribution in [0.25, 0.3) is 0 Å². The van der Waals surface area contributed by atoms with E-state index in [4.69, 9.17) is 4.74 Å². The minimum absolute atomic E-state index is 0.221. The molecular weight excluding hydrogens is 200 g/mol. The summed E-state index contributed by atoms with van der Waals surface area (Å²) in [5.74, 6) is 0. The molecule has 16 heavy (non-hydrogen) atoms. The zero-order chi connectivity index (χ0) is 12.2. The van der Waals surface area contributed by atoms with Crippen LogP contribution in [-0.4, -0.2) is 49.3 Å². The van der Waals surface area contributed by atoms with Crippen molar-refractivity contribution in [2.75, 3.05) is 26.7 Å². The molecule has 0 saturated carbocycles. The number of ether oxygens (including phenoxy) is 1. The number of likely N-dealkylation sites (tertiary alicyclic amines) is 1. The van der Waals surface area contributed by atoms with Crippen molar-refractivity contribution >= 4 is 0 Å². The van der Waals surface area contributed by atoms with Gasteiger partial charge in [-0.15, -0.1) is 0 Å². The Hall–Kier alpha value is -0.120. The Bertz CT molecular complexity index is 193. The van der Waals surface area contributed by atoms with E-state index in [1.807, 2.05) is 7.11 Å². The van der Waals surface area contributed by atoms with Gasteiger partial charge in [0.2, 0.25) is 0 Å². The zero-order valence-corrected chi connectivity index (χ0v) is 11.5. The number of methoxy groups -OCH3 is 1. The molecule has 0 aromatic carbocycles. The highest BCUT2D eigenvalue weighted by Gasteiger charge is 2.23. The van der Waals surface area contributed by atoms with Crippen molar-refractivity contribution in [3.63, 3.8) is 0 Å². The summed E-state index contributed by atoms with van der Waals surface area (Å²) in [6.07, 6.45) is 2.84. The third-order valence-corrected chi connectivity index (χ3v) is 3.36. The molecule has 3 nitrogen and oxygen atoms in total. The number of nitrogens with zero attached hydrogens (tertiary/aromatic N) is 1. The van der Waals surface area contributed by atoms with E-state index < -0.39 is 0 Å². The zero-order valence-electron chi connectivity index (χ0n) is 11.5. The lowest BCUT2D eigenvalue weighted by Gasteiger charge is -2.36. The lowest BCUT2D eigenvalue weighted by molar-refractivity contribution is 0.0290. The molecule has 1 aliphatic rings. The van der Waals surface area contributed by atoms with Gasteiger partial charge in [-0.1, -0.05) is 0 Å². The third kappa shape index (κ3) is 4.81. The first-order valence-electron chi connectivity index (χ1n) is 6.44. The van der Waals surface area contributed by atoms with Crippen molar-refractivity contribution in [2.45, 2.75) is 58.2 Å². The minimum Gasteiger partial charge on any atom is -0.381 e. The summed E-state index contributed by atoms with van der Waals surface area (Å²) in [7, 11) is 1.82. The highest BCUT2D eigenvalue weighted by Crippen LogP contribution is 2.15. The molecule has 0 spiro atoms. The molecule has 1 rings (SSSR count). The van der Waals surface area contributed by atoms with Crippen LogP contribution >= 0.6 is 0 Å². The van der Waals surface area contributed by atoms with E-state index in [0.717, 1.165) is 6.54 Å². The highest BCUT2D eigenvalue weighted by atomic mass is 16.5. The van der Waals surface area contributed by atoms with Crippen LogP contribution in [-0.2, 0) is 4.74 Å². The van der Waals surface area contributed by atoms with Gasteiger partial charge in [0.15, 0.2) is 0 Å². The largest absolute Gasteiger partial charge is 0.381 e. The highest BCUT2D eigenvalue weighted by molar-refractivity contribution is 4.80. The second-order valence-electron chi connectivity index (χ2n) is 5.95. The van der Waals surface area contributed by atoms with Gasteiger partial charge >= 0.3 is 0 Å². The maximum atomic E-state index is 5.39. The Kier molecular flexibility index (Phi) is 5.22. The summed E-state index contributed by atoms with van der Waals surface area (Å²) in [4.78, 5) is 2.56. The summed E-state index contributed by atoms with van der Waals surface area (Å²) in [6, 6.07) is 0.622. The van der Waals surface area contributed by atoms with E-state index >= 15 is 0 Å². The van der Waals surface area contributed by atoms with Crippen LogP contribution in [0.5, 0.6) is 0 Å². The quantitative estimate of drug-likeness (QED) is 0.795. The number of rotatable bonds is 4. The molecule has 1 atom stereocenters. The van der Waals surface area contributed by atoms with Crippen molar-refractivity contribution in [1.29, 1.82) is 0 Å². The van der Waals surface area contributed by atoms with Crippen molar-refractivity contribution in [1.82, 2.24) is 10.2 Å². The first-order valence-corrected chi connectivity index (χ1v) is 6.44. The summed E-state index contributed by atoms with van der Waals surface area (Å²) in [5, 5.41) is 3.57. The third-order valence-electron chi connectivity index (χ3n) is 3.36. The maximum Gasteiger partial charge on any atom is 0.0595 e. The van der Waals surface area contributed by atoms with Crippen molar-refractivity contribution in [3.05, 3.63) is 0 Å². The Morgan fingerprint density at radius 3 is 2.31 bits per heavy atom. The first kappa shape index (κ1) is 13.9. The van der Waals surface area contributed by atoms with Crippen LogP contribution in [0, 0.1) is 0 Å². The molecule has 96 valence electrons. The van der Waals surface area contributed by atoms with Gasteiger partial charge in [0, 0.05) is 38.3 Å². The predicted octanol–water partition coefficient (Wildman–Crippen LogP) is 1.87. The number of nitrogens with one attached hydrogen (secondary N) is 1. The van der Waals surface area contributed by atoms with E-state index in [-0.39, 0.29) is 5.54 Å². The predicted molar refractivity (Wildman–Crippen MR) is 68.8 cm³/mol. The van der Waals surface area contributed by atoms with Crippen molar-refractivity contribution in [2.24, 2.45) is 0 Å². The Labute approximate surface area is 101 Å². The van der Waals surface area contributed by atoms with Gasteiger partial charge in [-0.25, -0.2) is 0 Å². The summed E-state index contributed by atoms with van der Waals surface area (Å²) in [6.45, 7) is 12.4. The fraction of sp³-hybridized carbons (Fsp3) is 1.00. The topological polar surface area (TPSA) is 24.5 Å². The van der Waals surface area contributed by atoms with E-state index in [9.17, 15) is 0 Å². The summed E-state index contributed by atoms with van der Waals surface area (Å²) < 4.78 is 5.39. The van der Waals surface area contributed by atoms with Crippen LogP contribution in [0.15, 0.2) is 0 Å². The van der Waals surface area contributed by atoms with Gasteiger partial charge in [-0.3, -0.25) is 4.90 Å². The SMILES string of the molecule is COC1CCN(C(C)CNC(C)(C)C)CC1. The fourth-order valence-electron chi connectivity index (χ4n) is 2.14. The van der Waals surface area contributed by atoms with Crippen LogP contribution < -0.4 is 5.32 Å². The Morgan fingerprint density at radius 2 is 1.88 bits per heavy atom. The second-order valence-corrected chi connectivity index (χ2v) is 5.95. The van der Waals surface area contributed by atoms with Crippen molar-refractivity contribution in [3.8, 4) is 0 Å². The van der Waals surface area contributed by atoms with Gasteiger partial charge in [0.1, 0.15) is 0 Å². The lowest BCUT2D eigenvalue weighted by Crippen LogP contribution is -2.49. The Morgan fingerprint density at radius 1 is 1.31 bits per heavy atom. The second kappa shape index (κ2) is 5.99. The smallest absolute Gasteiger partial charge is 0.0595 e. The van der Waals surface area contributed by atoms with E-state index in [0.29, 0.717) is 12.1 Å². The monoisotopic (exact) mass is 228 g/mol. The molecule has 0 amide bonds. The number of piperidine rings is 1.